The molecule has 0 spiro atoms. The Morgan fingerprint density at radius 1 is 1.04 bits per heavy atom. The lowest BCUT2D eigenvalue weighted by molar-refractivity contribution is 0.0951. The van der Waals surface area contributed by atoms with Crippen LogP contribution in [-0.2, 0) is 6.61 Å². The van der Waals surface area contributed by atoms with Gasteiger partial charge in [0.2, 0.25) is 0 Å². The summed E-state index contributed by atoms with van der Waals surface area (Å²) in [5.41, 5.74) is 1.49. The average molecular weight is 347 g/mol. The molecule has 1 amide bonds. The van der Waals surface area contributed by atoms with Gasteiger partial charge in [-0.3, -0.25) is 4.79 Å². The Morgan fingerprint density at radius 3 is 2.62 bits per heavy atom. The summed E-state index contributed by atoms with van der Waals surface area (Å²) >= 11 is 0. The first-order chi connectivity index (χ1) is 12.7. The van der Waals surface area contributed by atoms with Crippen molar-refractivity contribution >= 4 is 16.7 Å². The van der Waals surface area contributed by atoms with E-state index < -0.39 is 0 Å². The van der Waals surface area contributed by atoms with Gasteiger partial charge in [-0.05, 0) is 53.9 Å². The molecule has 0 saturated heterocycles. The standard InChI is InChI=1S/C22H21NO3/c1-25-21-11-7-17(22(24)23-19-8-9-19)12-18(21)14-26-20-10-6-15-4-2-3-5-16(15)13-20/h2-7,10-13,19H,8-9,14H2,1H3,(H,23,24). The van der Waals surface area contributed by atoms with E-state index in [1.165, 1.54) is 5.39 Å². The molecule has 0 unspecified atom stereocenters. The fraction of sp³-hybridized carbons (Fsp3) is 0.227. The van der Waals surface area contributed by atoms with Gasteiger partial charge < -0.3 is 14.8 Å². The van der Waals surface area contributed by atoms with Crippen LogP contribution in [0.2, 0.25) is 0 Å². The van der Waals surface area contributed by atoms with Crippen molar-refractivity contribution in [3.05, 3.63) is 71.8 Å². The van der Waals surface area contributed by atoms with Crippen molar-refractivity contribution < 1.29 is 14.3 Å². The Bertz CT molecular complexity index is 947. The highest BCUT2D eigenvalue weighted by Crippen LogP contribution is 2.25. The van der Waals surface area contributed by atoms with Gasteiger partial charge in [-0.25, -0.2) is 0 Å². The van der Waals surface area contributed by atoms with E-state index in [-0.39, 0.29) is 5.91 Å². The van der Waals surface area contributed by atoms with Crippen molar-refractivity contribution in [3.8, 4) is 11.5 Å². The van der Waals surface area contributed by atoms with Crippen molar-refractivity contribution in [1.82, 2.24) is 5.32 Å². The number of hydrogen-bond donors (Lipinski definition) is 1. The molecule has 132 valence electrons. The van der Waals surface area contributed by atoms with Gasteiger partial charge in [0, 0.05) is 17.2 Å². The molecule has 1 saturated carbocycles. The van der Waals surface area contributed by atoms with E-state index >= 15 is 0 Å². The van der Waals surface area contributed by atoms with Crippen molar-refractivity contribution in [2.24, 2.45) is 0 Å². The molecule has 26 heavy (non-hydrogen) atoms. The first-order valence-electron chi connectivity index (χ1n) is 8.82. The summed E-state index contributed by atoms with van der Waals surface area (Å²) in [4.78, 5) is 12.3. The predicted octanol–water partition coefficient (Wildman–Crippen LogP) is 4.32. The number of benzene rings is 3. The number of nitrogens with one attached hydrogen (secondary N) is 1. The fourth-order valence-electron chi connectivity index (χ4n) is 2.95. The predicted molar refractivity (Wildman–Crippen MR) is 102 cm³/mol. The van der Waals surface area contributed by atoms with Crippen molar-refractivity contribution in [1.29, 1.82) is 0 Å². The van der Waals surface area contributed by atoms with E-state index in [1.54, 1.807) is 13.2 Å². The van der Waals surface area contributed by atoms with Gasteiger partial charge in [-0.2, -0.15) is 0 Å². The van der Waals surface area contributed by atoms with Crippen LogP contribution in [0, 0.1) is 0 Å². The molecule has 0 aromatic heterocycles. The van der Waals surface area contributed by atoms with Crippen LogP contribution in [0.15, 0.2) is 60.7 Å². The number of fused-ring (bicyclic) bond motifs is 1. The van der Waals surface area contributed by atoms with Gasteiger partial charge in [0.1, 0.15) is 18.1 Å². The van der Waals surface area contributed by atoms with E-state index in [0.717, 1.165) is 29.5 Å². The lowest BCUT2D eigenvalue weighted by Gasteiger charge is -2.13. The molecule has 4 rings (SSSR count). The maximum atomic E-state index is 12.3. The molecule has 0 aliphatic heterocycles. The van der Waals surface area contributed by atoms with E-state index in [4.69, 9.17) is 9.47 Å². The summed E-state index contributed by atoms with van der Waals surface area (Å²) in [7, 11) is 1.62. The monoisotopic (exact) mass is 347 g/mol. The zero-order valence-electron chi connectivity index (χ0n) is 14.7. The van der Waals surface area contributed by atoms with Crippen molar-refractivity contribution in [3.63, 3.8) is 0 Å². The molecule has 1 aliphatic carbocycles. The van der Waals surface area contributed by atoms with Crippen molar-refractivity contribution in [2.75, 3.05) is 7.11 Å². The van der Waals surface area contributed by atoms with Crippen LogP contribution in [-0.4, -0.2) is 19.1 Å². The molecule has 0 heterocycles. The number of hydrogen-bond acceptors (Lipinski definition) is 3. The lowest BCUT2D eigenvalue weighted by atomic mass is 10.1. The Kier molecular flexibility index (Phi) is 4.48. The van der Waals surface area contributed by atoms with Crippen LogP contribution >= 0.6 is 0 Å². The first kappa shape index (κ1) is 16.5. The fourth-order valence-corrected chi connectivity index (χ4v) is 2.95. The molecule has 1 N–H and O–H groups in total. The topological polar surface area (TPSA) is 47.6 Å². The summed E-state index contributed by atoms with van der Waals surface area (Å²) in [6, 6.07) is 20.0. The Hall–Kier alpha value is -3.01. The smallest absolute Gasteiger partial charge is 0.251 e. The third-order valence-corrected chi connectivity index (χ3v) is 4.57. The summed E-state index contributed by atoms with van der Waals surface area (Å²) in [6.07, 6.45) is 2.14. The second-order valence-corrected chi connectivity index (χ2v) is 6.57. The first-order valence-corrected chi connectivity index (χ1v) is 8.82. The molecule has 4 nitrogen and oxygen atoms in total. The minimum Gasteiger partial charge on any atom is -0.496 e. The number of amides is 1. The maximum Gasteiger partial charge on any atom is 0.251 e. The third kappa shape index (κ3) is 3.64. The van der Waals surface area contributed by atoms with E-state index in [2.05, 4.69) is 17.4 Å². The average Bonchev–Trinajstić information content (AvgIpc) is 3.50. The number of carbonyl (C=O) groups is 1. The summed E-state index contributed by atoms with van der Waals surface area (Å²) < 4.78 is 11.4. The molecule has 1 fully saturated rings. The van der Waals surface area contributed by atoms with Gasteiger partial charge in [-0.1, -0.05) is 30.3 Å². The minimum absolute atomic E-state index is 0.0397. The van der Waals surface area contributed by atoms with Gasteiger partial charge in [0.15, 0.2) is 0 Å². The highest BCUT2D eigenvalue weighted by atomic mass is 16.5. The van der Waals surface area contributed by atoms with E-state index in [0.29, 0.717) is 24.0 Å². The zero-order valence-corrected chi connectivity index (χ0v) is 14.7. The van der Waals surface area contributed by atoms with Gasteiger partial charge in [0.05, 0.1) is 7.11 Å². The van der Waals surface area contributed by atoms with Crippen LogP contribution in [0.1, 0.15) is 28.8 Å². The van der Waals surface area contributed by atoms with Gasteiger partial charge in [-0.15, -0.1) is 0 Å². The molecular formula is C22H21NO3. The van der Waals surface area contributed by atoms with E-state index in [1.807, 2.05) is 42.5 Å². The quantitative estimate of drug-likeness (QED) is 0.722. The highest BCUT2D eigenvalue weighted by Gasteiger charge is 2.24. The molecule has 3 aromatic carbocycles. The molecular weight excluding hydrogens is 326 g/mol. The van der Waals surface area contributed by atoms with Crippen LogP contribution in [0.3, 0.4) is 0 Å². The van der Waals surface area contributed by atoms with Crippen LogP contribution in [0.5, 0.6) is 11.5 Å². The number of rotatable bonds is 6. The molecule has 0 radical (unpaired) electrons. The molecule has 0 atom stereocenters. The summed E-state index contributed by atoms with van der Waals surface area (Å²) in [6.45, 7) is 0.339. The third-order valence-electron chi connectivity index (χ3n) is 4.57. The Morgan fingerprint density at radius 2 is 1.85 bits per heavy atom. The van der Waals surface area contributed by atoms with Gasteiger partial charge >= 0.3 is 0 Å². The maximum absolute atomic E-state index is 12.3. The Labute approximate surface area is 152 Å². The molecule has 1 aliphatic rings. The van der Waals surface area contributed by atoms with Crippen LogP contribution < -0.4 is 14.8 Å². The largest absolute Gasteiger partial charge is 0.496 e. The lowest BCUT2D eigenvalue weighted by Crippen LogP contribution is -2.25. The molecule has 3 aromatic rings. The summed E-state index contributed by atoms with van der Waals surface area (Å²) in [5.74, 6) is 1.47. The second-order valence-electron chi connectivity index (χ2n) is 6.57. The zero-order chi connectivity index (χ0) is 17.9. The number of carbonyl (C=O) groups excluding carboxylic acids is 1. The number of methoxy groups -OCH3 is 1. The highest BCUT2D eigenvalue weighted by molar-refractivity contribution is 5.95. The summed E-state index contributed by atoms with van der Waals surface area (Å²) in [5, 5.41) is 5.32. The second kappa shape index (κ2) is 7.08. The Balaban J connectivity index is 1.52. The number of ether oxygens (including phenoxy) is 2. The van der Waals surface area contributed by atoms with Crippen molar-refractivity contribution in [2.45, 2.75) is 25.5 Å². The van der Waals surface area contributed by atoms with Gasteiger partial charge in [0.25, 0.3) is 5.91 Å². The van der Waals surface area contributed by atoms with E-state index in [9.17, 15) is 4.79 Å². The molecule has 0 bridgehead atoms. The van der Waals surface area contributed by atoms with Crippen LogP contribution in [0.25, 0.3) is 10.8 Å². The normalized spacial score (nSPS) is 13.4. The molecule has 4 heteroatoms. The SMILES string of the molecule is COc1ccc(C(=O)NC2CC2)cc1COc1ccc2ccccc2c1. The minimum atomic E-state index is -0.0397. The van der Waals surface area contributed by atoms with Crippen LogP contribution in [0.4, 0.5) is 0 Å².